The summed E-state index contributed by atoms with van der Waals surface area (Å²) in [7, 11) is 1.36. The summed E-state index contributed by atoms with van der Waals surface area (Å²) >= 11 is 0. The van der Waals surface area contributed by atoms with Crippen molar-refractivity contribution in [3.8, 4) is 0 Å². The molecule has 0 N–H and O–H groups in total. The van der Waals surface area contributed by atoms with Crippen LogP contribution in [0, 0.1) is 0 Å². The van der Waals surface area contributed by atoms with Gasteiger partial charge in [0, 0.05) is 6.08 Å². The van der Waals surface area contributed by atoms with Gasteiger partial charge in [0.15, 0.2) is 0 Å². The van der Waals surface area contributed by atoms with Crippen molar-refractivity contribution in [2.75, 3.05) is 7.11 Å². The Morgan fingerprint density at radius 3 is 2.73 bits per heavy atom. The molecular weight excluding hydrogens is 140 g/mol. The van der Waals surface area contributed by atoms with Gasteiger partial charge in [-0.05, 0) is 6.42 Å². The normalized spacial score (nSPS) is 11.1. The van der Waals surface area contributed by atoms with Crippen LogP contribution in [-0.4, -0.2) is 13.1 Å². The zero-order chi connectivity index (χ0) is 8.53. The van der Waals surface area contributed by atoms with E-state index >= 15 is 0 Å². The number of hydrogen-bond donors (Lipinski definition) is 0. The summed E-state index contributed by atoms with van der Waals surface area (Å²) in [5, 5.41) is 0. The number of esters is 1. The lowest BCUT2D eigenvalue weighted by atomic mass is 10.3. The highest BCUT2D eigenvalue weighted by molar-refractivity contribution is 5.82. The van der Waals surface area contributed by atoms with Crippen LogP contribution in [0.15, 0.2) is 24.3 Å². The van der Waals surface area contributed by atoms with Crippen LogP contribution in [0.1, 0.15) is 19.8 Å². The summed E-state index contributed by atoms with van der Waals surface area (Å²) in [5.74, 6) is -0.314. The lowest BCUT2D eigenvalue weighted by Crippen LogP contribution is -1.92. The van der Waals surface area contributed by atoms with Crippen molar-refractivity contribution in [2.45, 2.75) is 19.8 Å². The van der Waals surface area contributed by atoms with Crippen molar-refractivity contribution in [3.63, 3.8) is 0 Å². The van der Waals surface area contributed by atoms with Gasteiger partial charge in [-0.3, -0.25) is 0 Å². The highest BCUT2D eigenvalue weighted by Crippen LogP contribution is 1.88. The molecule has 0 unspecified atom stereocenters. The fourth-order valence-electron chi connectivity index (χ4n) is 0.544. The van der Waals surface area contributed by atoms with Gasteiger partial charge in [0.25, 0.3) is 0 Å². The predicted molar refractivity (Wildman–Crippen MR) is 45.2 cm³/mol. The monoisotopic (exact) mass is 154 g/mol. The van der Waals surface area contributed by atoms with E-state index in [1.54, 1.807) is 6.08 Å². The molecule has 0 fully saturated rings. The summed E-state index contributed by atoms with van der Waals surface area (Å²) in [5.41, 5.74) is 0. The maximum Gasteiger partial charge on any atom is 0.330 e. The number of unbranched alkanes of at least 4 members (excludes halogenated alkanes) is 1. The number of rotatable bonds is 4. The molecule has 0 atom stereocenters. The number of ether oxygens (including phenoxy) is 1. The van der Waals surface area contributed by atoms with Gasteiger partial charge in [-0.25, -0.2) is 4.79 Å². The zero-order valence-electron chi connectivity index (χ0n) is 7.04. The SMILES string of the molecule is CCCC=CC=CC(=O)OC. The van der Waals surface area contributed by atoms with E-state index in [0.717, 1.165) is 12.8 Å². The van der Waals surface area contributed by atoms with Gasteiger partial charge in [-0.1, -0.05) is 31.6 Å². The van der Waals surface area contributed by atoms with E-state index in [1.165, 1.54) is 13.2 Å². The zero-order valence-corrected chi connectivity index (χ0v) is 7.04. The Morgan fingerprint density at radius 2 is 2.18 bits per heavy atom. The van der Waals surface area contributed by atoms with Gasteiger partial charge in [-0.2, -0.15) is 0 Å². The molecule has 0 spiro atoms. The first-order valence-corrected chi connectivity index (χ1v) is 3.72. The van der Waals surface area contributed by atoms with Crippen LogP contribution in [0.4, 0.5) is 0 Å². The van der Waals surface area contributed by atoms with Crippen LogP contribution in [0.3, 0.4) is 0 Å². The summed E-state index contributed by atoms with van der Waals surface area (Å²) in [4.78, 5) is 10.5. The van der Waals surface area contributed by atoms with Gasteiger partial charge in [0.1, 0.15) is 0 Å². The van der Waals surface area contributed by atoms with Crippen molar-refractivity contribution in [2.24, 2.45) is 0 Å². The number of methoxy groups -OCH3 is 1. The van der Waals surface area contributed by atoms with Gasteiger partial charge >= 0.3 is 5.97 Å². The van der Waals surface area contributed by atoms with E-state index in [0.29, 0.717) is 0 Å². The standard InChI is InChI=1S/C9H14O2/c1-3-4-5-6-7-8-9(10)11-2/h5-8H,3-4H2,1-2H3. The minimum Gasteiger partial charge on any atom is -0.466 e. The lowest BCUT2D eigenvalue weighted by Gasteiger charge is -1.86. The van der Waals surface area contributed by atoms with E-state index in [-0.39, 0.29) is 5.97 Å². The fraction of sp³-hybridized carbons (Fsp3) is 0.444. The molecule has 0 aromatic carbocycles. The average Bonchev–Trinajstić information content (AvgIpc) is 2.04. The quantitative estimate of drug-likeness (QED) is 0.352. The van der Waals surface area contributed by atoms with Gasteiger partial charge in [0.05, 0.1) is 7.11 Å². The number of hydrogen-bond acceptors (Lipinski definition) is 2. The second kappa shape index (κ2) is 7.06. The Hall–Kier alpha value is -1.05. The molecule has 0 amide bonds. The minimum atomic E-state index is -0.314. The molecule has 0 saturated carbocycles. The molecule has 0 saturated heterocycles. The van der Waals surface area contributed by atoms with E-state index in [1.807, 2.05) is 12.2 Å². The molecule has 0 radical (unpaired) electrons. The van der Waals surface area contributed by atoms with Crippen LogP contribution >= 0.6 is 0 Å². The van der Waals surface area contributed by atoms with E-state index in [9.17, 15) is 4.79 Å². The van der Waals surface area contributed by atoms with Crippen LogP contribution < -0.4 is 0 Å². The lowest BCUT2D eigenvalue weighted by molar-refractivity contribution is -0.134. The third kappa shape index (κ3) is 6.84. The van der Waals surface area contributed by atoms with Gasteiger partial charge in [0.2, 0.25) is 0 Å². The molecule has 0 rings (SSSR count). The van der Waals surface area contributed by atoms with E-state index < -0.39 is 0 Å². The third-order valence-corrected chi connectivity index (χ3v) is 1.14. The highest BCUT2D eigenvalue weighted by Gasteiger charge is 1.85. The second-order valence-corrected chi connectivity index (χ2v) is 2.10. The molecule has 0 aliphatic carbocycles. The number of carbonyl (C=O) groups is 1. The second-order valence-electron chi connectivity index (χ2n) is 2.10. The first kappa shape index (κ1) is 9.95. The Morgan fingerprint density at radius 1 is 1.45 bits per heavy atom. The Kier molecular flexibility index (Phi) is 6.39. The topological polar surface area (TPSA) is 26.3 Å². The summed E-state index contributed by atoms with van der Waals surface area (Å²) in [6.07, 6.45) is 9.11. The molecule has 0 aliphatic rings. The maximum absolute atomic E-state index is 10.5. The first-order valence-electron chi connectivity index (χ1n) is 3.72. The van der Waals surface area contributed by atoms with Gasteiger partial charge < -0.3 is 4.74 Å². The van der Waals surface area contributed by atoms with Gasteiger partial charge in [-0.15, -0.1) is 0 Å². The molecule has 2 heteroatoms. The van der Waals surface area contributed by atoms with Crippen LogP contribution in [0.25, 0.3) is 0 Å². The molecule has 0 aromatic heterocycles. The molecule has 0 bridgehead atoms. The van der Waals surface area contributed by atoms with Crippen molar-refractivity contribution >= 4 is 5.97 Å². The van der Waals surface area contributed by atoms with E-state index in [4.69, 9.17) is 0 Å². The van der Waals surface area contributed by atoms with Crippen LogP contribution in [-0.2, 0) is 9.53 Å². The van der Waals surface area contributed by atoms with Crippen molar-refractivity contribution in [1.82, 2.24) is 0 Å². The summed E-state index contributed by atoms with van der Waals surface area (Å²) in [6, 6.07) is 0. The molecule has 0 aliphatic heterocycles. The Bertz CT molecular complexity index is 157. The van der Waals surface area contributed by atoms with E-state index in [2.05, 4.69) is 11.7 Å². The molecule has 62 valence electrons. The maximum atomic E-state index is 10.5. The van der Waals surface area contributed by atoms with Crippen molar-refractivity contribution in [1.29, 1.82) is 0 Å². The molecule has 11 heavy (non-hydrogen) atoms. The molecule has 0 aromatic rings. The first-order chi connectivity index (χ1) is 5.31. The minimum absolute atomic E-state index is 0.314. The summed E-state index contributed by atoms with van der Waals surface area (Å²) in [6.45, 7) is 2.11. The van der Waals surface area contributed by atoms with Crippen molar-refractivity contribution < 1.29 is 9.53 Å². The predicted octanol–water partition coefficient (Wildman–Crippen LogP) is 2.07. The third-order valence-electron chi connectivity index (χ3n) is 1.14. The molecule has 2 nitrogen and oxygen atoms in total. The molecular formula is C9H14O2. The number of allylic oxidation sites excluding steroid dienone is 3. The summed E-state index contributed by atoms with van der Waals surface area (Å²) < 4.78 is 4.40. The Balaban J connectivity index is 3.50. The fourth-order valence-corrected chi connectivity index (χ4v) is 0.544. The molecule has 0 heterocycles. The Labute approximate surface area is 67.6 Å². The highest BCUT2D eigenvalue weighted by atomic mass is 16.5. The van der Waals surface area contributed by atoms with Crippen molar-refractivity contribution in [3.05, 3.63) is 24.3 Å². The smallest absolute Gasteiger partial charge is 0.330 e. The average molecular weight is 154 g/mol. The van der Waals surface area contributed by atoms with Crippen LogP contribution in [0.5, 0.6) is 0 Å². The largest absolute Gasteiger partial charge is 0.466 e. The number of carbonyl (C=O) groups excluding carboxylic acids is 1. The van der Waals surface area contributed by atoms with Crippen LogP contribution in [0.2, 0.25) is 0 Å².